The van der Waals surface area contributed by atoms with E-state index in [4.69, 9.17) is 0 Å². The number of aromatic nitrogens is 1. The Labute approximate surface area is 159 Å². The van der Waals surface area contributed by atoms with E-state index in [2.05, 4.69) is 20.4 Å². The van der Waals surface area contributed by atoms with Crippen molar-refractivity contribution >= 4 is 17.5 Å². The molecule has 2 N–H and O–H groups in total. The maximum Gasteiger partial charge on any atom is 0.422 e. The molecule has 28 heavy (non-hydrogen) atoms. The largest absolute Gasteiger partial charge is 0.468 e. The molecule has 148 valence electrons. The van der Waals surface area contributed by atoms with Crippen LogP contribution in [-0.4, -0.2) is 36.1 Å². The van der Waals surface area contributed by atoms with Gasteiger partial charge in [-0.05, 0) is 23.6 Å². The molecule has 2 amide bonds. The van der Waals surface area contributed by atoms with Crippen LogP contribution in [0.4, 0.5) is 18.9 Å². The number of hydrogen-bond donors (Lipinski definition) is 2. The molecule has 0 saturated heterocycles. The number of anilines is 1. The third kappa shape index (κ3) is 5.21. The predicted molar refractivity (Wildman–Crippen MR) is 94.9 cm³/mol. The summed E-state index contributed by atoms with van der Waals surface area (Å²) in [5.41, 5.74) is 2.27. The molecule has 3 rings (SSSR count). The zero-order chi connectivity index (χ0) is 20.1. The number of para-hydroxylation sites is 1. The minimum atomic E-state index is -4.42. The summed E-state index contributed by atoms with van der Waals surface area (Å²) in [5.74, 6) is -1.08. The number of rotatable bonds is 7. The van der Waals surface area contributed by atoms with E-state index in [0.717, 1.165) is 16.8 Å². The second kappa shape index (κ2) is 8.28. The quantitative estimate of drug-likeness (QED) is 0.758. The summed E-state index contributed by atoms with van der Waals surface area (Å²) >= 11 is 0. The first-order valence-electron chi connectivity index (χ1n) is 8.63. The molecule has 6 nitrogen and oxygen atoms in total. The van der Waals surface area contributed by atoms with Crippen molar-refractivity contribution in [2.75, 3.05) is 18.5 Å². The van der Waals surface area contributed by atoms with Crippen molar-refractivity contribution in [2.24, 2.45) is 0 Å². The fourth-order valence-electron chi connectivity index (χ4n) is 2.88. The lowest BCUT2D eigenvalue weighted by molar-refractivity contribution is -0.154. The maximum absolute atomic E-state index is 12.1. The lowest BCUT2D eigenvalue weighted by Gasteiger charge is -2.10. The average molecular weight is 393 g/mol. The molecule has 1 aromatic carbocycles. The first-order chi connectivity index (χ1) is 13.3. The number of carbonyl (C=O) groups excluding carboxylic acids is 2. The van der Waals surface area contributed by atoms with Gasteiger partial charge in [0, 0.05) is 30.9 Å². The number of amides is 2. The van der Waals surface area contributed by atoms with Crippen LogP contribution in [-0.2, 0) is 16.0 Å². The molecule has 1 aliphatic heterocycles. The number of carbonyl (C=O) groups is 2. The van der Waals surface area contributed by atoms with Gasteiger partial charge in [0.25, 0.3) is 0 Å². The molecule has 0 spiro atoms. The van der Waals surface area contributed by atoms with E-state index in [9.17, 15) is 22.8 Å². The van der Waals surface area contributed by atoms with E-state index >= 15 is 0 Å². The summed E-state index contributed by atoms with van der Waals surface area (Å²) in [6, 6.07) is 10.2. The van der Waals surface area contributed by atoms with Crippen LogP contribution in [0.2, 0.25) is 0 Å². The van der Waals surface area contributed by atoms with E-state index in [0.29, 0.717) is 13.0 Å². The topological polar surface area (TPSA) is 80.3 Å². The van der Waals surface area contributed by atoms with E-state index in [1.54, 1.807) is 12.1 Å². The predicted octanol–water partition coefficient (Wildman–Crippen LogP) is 2.81. The number of hydrogen-bond acceptors (Lipinski definition) is 4. The minimum Gasteiger partial charge on any atom is -0.468 e. The Morgan fingerprint density at radius 2 is 2.00 bits per heavy atom. The van der Waals surface area contributed by atoms with E-state index < -0.39 is 18.7 Å². The van der Waals surface area contributed by atoms with Crippen LogP contribution in [0, 0.1) is 0 Å². The zero-order valence-corrected chi connectivity index (χ0v) is 14.8. The molecule has 0 radical (unpaired) electrons. The molecule has 1 aromatic heterocycles. The van der Waals surface area contributed by atoms with Crippen LogP contribution in [0.15, 0.2) is 42.6 Å². The molecule has 1 atom stereocenters. The van der Waals surface area contributed by atoms with Crippen LogP contribution in [0.25, 0.3) is 0 Å². The molecule has 0 aliphatic carbocycles. The van der Waals surface area contributed by atoms with Gasteiger partial charge in [-0.2, -0.15) is 13.2 Å². The Hall–Kier alpha value is -3.10. The molecule has 2 heterocycles. The van der Waals surface area contributed by atoms with Gasteiger partial charge in [0.05, 0.1) is 5.92 Å². The number of nitrogens with zero attached hydrogens (tertiary/aromatic N) is 1. The van der Waals surface area contributed by atoms with Crippen LogP contribution in [0.5, 0.6) is 5.88 Å². The van der Waals surface area contributed by atoms with Crippen LogP contribution >= 0.6 is 0 Å². The summed E-state index contributed by atoms with van der Waals surface area (Å²) in [6.07, 6.45) is -2.52. The summed E-state index contributed by atoms with van der Waals surface area (Å²) < 4.78 is 40.8. The maximum atomic E-state index is 12.1. The van der Waals surface area contributed by atoms with Crippen molar-refractivity contribution in [3.05, 3.63) is 53.7 Å². The van der Waals surface area contributed by atoms with E-state index in [-0.39, 0.29) is 24.1 Å². The first kappa shape index (κ1) is 19.7. The van der Waals surface area contributed by atoms with Gasteiger partial charge >= 0.3 is 6.18 Å². The fourth-order valence-corrected chi connectivity index (χ4v) is 2.88. The number of ether oxygens (including phenoxy) is 1. The second-order valence-corrected chi connectivity index (χ2v) is 6.34. The highest BCUT2D eigenvalue weighted by atomic mass is 19.4. The third-order valence-electron chi connectivity index (χ3n) is 4.22. The van der Waals surface area contributed by atoms with Gasteiger partial charge in [-0.15, -0.1) is 0 Å². The number of alkyl halides is 3. The Morgan fingerprint density at radius 1 is 1.21 bits per heavy atom. The minimum absolute atomic E-state index is 0.0469. The highest BCUT2D eigenvalue weighted by molar-refractivity contribution is 6.04. The van der Waals surface area contributed by atoms with Crippen molar-refractivity contribution in [1.29, 1.82) is 0 Å². The summed E-state index contributed by atoms with van der Waals surface area (Å²) in [5, 5.41) is 5.49. The van der Waals surface area contributed by atoms with Crippen molar-refractivity contribution in [3.63, 3.8) is 0 Å². The molecular formula is C19H18F3N3O3. The monoisotopic (exact) mass is 393 g/mol. The molecular weight excluding hydrogens is 375 g/mol. The first-order valence-corrected chi connectivity index (χ1v) is 8.63. The second-order valence-electron chi connectivity index (χ2n) is 6.34. The van der Waals surface area contributed by atoms with Crippen LogP contribution in [0.3, 0.4) is 0 Å². The molecule has 1 unspecified atom stereocenters. The molecule has 2 aromatic rings. The van der Waals surface area contributed by atoms with Gasteiger partial charge in [-0.3, -0.25) is 9.59 Å². The molecule has 0 bridgehead atoms. The summed E-state index contributed by atoms with van der Waals surface area (Å²) in [6.45, 7) is -1.08. The molecule has 9 heteroatoms. The van der Waals surface area contributed by atoms with Gasteiger partial charge in [0.1, 0.15) is 0 Å². The van der Waals surface area contributed by atoms with Crippen LogP contribution in [0.1, 0.15) is 23.5 Å². The van der Waals surface area contributed by atoms with Gasteiger partial charge in [0.2, 0.25) is 17.7 Å². The van der Waals surface area contributed by atoms with Crippen molar-refractivity contribution in [1.82, 2.24) is 10.3 Å². The number of benzene rings is 1. The zero-order valence-electron chi connectivity index (χ0n) is 14.8. The van der Waals surface area contributed by atoms with Gasteiger partial charge < -0.3 is 15.4 Å². The van der Waals surface area contributed by atoms with E-state index in [1.807, 2.05) is 18.2 Å². The fraction of sp³-hybridized carbons (Fsp3) is 0.316. The Morgan fingerprint density at radius 3 is 2.71 bits per heavy atom. The molecule has 1 aliphatic rings. The Balaban J connectivity index is 1.44. The number of halogens is 3. The van der Waals surface area contributed by atoms with Gasteiger partial charge in [0.15, 0.2) is 6.61 Å². The van der Waals surface area contributed by atoms with Gasteiger partial charge in [-0.1, -0.05) is 24.3 Å². The number of fused-ring (bicyclic) bond motifs is 1. The number of pyridine rings is 1. The average Bonchev–Trinajstić information content (AvgIpc) is 2.96. The molecule has 0 fully saturated rings. The Kier molecular flexibility index (Phi) is 5.81. The summed E-state index contributed by atoms with van der Waals surface area (Å²) in [7, 11) is 0. The normalized spacial score (nSPS) is 15.7. The standard InChI is InChI=1S/C19H18F3N3O3/c20-19(21,22)11-28-17-6-5-12(10-24-17)7-8-23-16(26)9-14-13-3-1-2-4-15(13)25-18(14)27/h1-6,10,14H,7-9,11H2,(H,23,26)(H,25,27). The highest BCUT2D eigenvalue weighted by Gasteiger charge is 2.31. The van der Waals surface area contributed by atoms with Crippen molar-refractivity contribution < 1.29 is 27.5 Å². The third-order valence-corrected chi connectivity index (χ3v) is 4.22. The number of nitrogens with one attached hydrogen (secondary N) is 2. The van der Waals surface area contributed by atoms with Crippen molar-refractivity contribution in [2.45, 2.75) is 24.9 Å². The summed E-state index contributed by atoms with van der Waals surface area (Å²) in [4.78, 5) is 28.0. The van der Waals surface area contributed by atoms with Crippen LogP contribution < -0.4 is 15.4 Å². The lowest BCUT2D eigenvalue weighted by Crippen LogP contribution is -2.28. The van der Waals surface area contributed by atoms with Gasteiger partial charge in [-0.25, -0.2) is 4.98 Å². The highest BCUT2D eigenvalue weighted by Crippen LogP contribution is 2.34. The SMILES string of the molecule is O=C(CC1C(=O)Nc2ccccc21)NCCc1ccc(OCC(F)(F)F)nc1. The van der Waals surface area contributed by atoms with Crippen molar-refractivity contribution in [3.8, 4) is 5.88 Å². The smallest absolute Gasteiger partial charge is 0.422 e. The Bertz CT molecular complexity index is 853. The van der Waals surface area contributed by atoms with E-state index in [1.165, 1.54) is 12.3 Å². The molecule has 0 saturated carbocycles. The lowest BCUT2D eigenvalue weighted by atomic mass is 9.97.